The Hall–Kier alpha value is -2.15. The monoisotopic (exact) mass is 322 g/mol. The summed E-state index contributed by atoms with van der Waals surface area (Å²) in [6, 6.07) is 2.19. The number of esters is 1. The number of pyridine rings is 1. The third kappa shape index (κ3) is 4.66. The van der Waals surface area contributed by atoms with Crippen molar-refractivity contribution < 1.29 is 24.2 Å². The SMILES string of the molecule is COC(=O)c1cncc(OCC2CC3CCN2CC3)c1.O=CO. The van der Waals surface area contributed by atoms with E-state index in [9.17, 15) is 4.79 Å². The summed E-state index contributed by atoms with van der Waals surface area (Å²) in [6.07, 6.45) is 7.02. The summed E-state index contributed by atoms with van der Waals surface area (Å²) < 4.78 is 10.5. The lowest BCUT2D eigenvalue weighted by atomic mass is 9.83. The van der Waals surface area contributed by atoms with Crippen LogP contribution in [-0.2, 0) is 9.53 Å². The second-order valence-corrected chi connectivity index (χ2v) is 5.69. The van der Waals surface area contributed by atoms with E-state index < -0.39 is 0 Å². The molecule has 0 spiro atoms. The van der Waals surface area contributed by atoms with Crippen molar-refractivity contribution in [1.29, 1.82) is 0 Å². The minimum Gasteiger partial charge on any atom is -0.490 e. The van der Waals surface area contributed by atoms with Crippen LogP contribution >= 0.6 is 0 Å². The standard InChI is InChI=1S/C15H20N2O3.CH2O2/c1-19-15(18)12-7-14(9-16-8-12)20-10-13-6-11-2-4-17(13)5-3-11;2-1-3/h7-9,11,13H,2-6,10H2,1H3;1H,(H,2,3). The number of aromatic nitrogens is 1. The molecule has 7 heteroatoms. The van der Waals surface area contributed by atoms with Crippen LogP contribution in [0.15, 0.2) is 18.5 Å². The number of carbonyl (C=O) groups is 2. The maximum atomic E-state index is 11.4. The minimum absolute atomic E-state index is 0.250. The number of carbonyl (C=O) groups excluding carboxylic acids is 1. The van der Waals surface area contributed by atoms with Crippen molar-refractivity contribution in [2.24, 2.45) is 5.92 Å². The van der Waals surface area contributed by atoms with Gasteiger partial charge in [0.15, 0.2) is 0 Å². The van der Waals surface area contributed by atoms with Crippen LogP contribution in [0.2, 0.25) is 0 Å². The van der Waals surface area contributed by atoms with E-state index >= 15 is 0 Å². The Morgan fingerprint density at radius 1 is 1.43 bits per heavy atom. The molecule has 4 heterocycles. The molecule has 0 radical (unpaired) electrons. The summed E-state index contributed by atoms with van der Waals surface area (Å²) >= 11 is 0. The summed E-state index contributed by atoms with van der Waals surface area (Å²) in [5.41, 5.74) is 0.426. The highest BCUT2D eigenvalue weighted by Crippen LogP contribution is 2.32. The maximum Gasteiger partial charge on any atom is 0.339 e. The van der Waals surface area contributed by atoms with Crippen LogP contribution in [0.25, 0.3) is 0 Å². The van der Waals surface area contributed by atoms with Crippen molar-refractivity contribution >= 4 is 12.4 Å². The predicted octanol–water partition coefficient (Wildman–Crippen LogP) is 1.43. The molecule has 3 aliphatic rings. The van der Waals surface area contributed by atoms with Gasteiger partial charge in [-0.3, -0.25) is 14.7 Å². The lowest BCUT2D eigenvalue weighted by Gasteiger charge is -2.45. The summed E-state index contributed by atoms with van der Waals surface area (Å²) in [6.45, 7) is 2.81. The Bertz CT molecular complexity index is 529. The Kier molecular flexibility index (Phi) is 6.34. The molecule has 126 valence electrons. The fourth-order valence-corrected chi connectivity index (χ4v) is 3.18. The van der Waals surface area contributed by atoms with Crippen LogP contribution in [0, 0.1) is 5.92 Å². The van der Waals surface area contributed by atoms with Crippen LogP contribution < -0.4 is 4.74 Å². The van der Waals surface area contributed by atoms with E-state index in [-0.39, 0.29) is 12.4 Å². The van der Waals surface area contributed by atoms with Gasteiger partial charge in [0.1, 0.15) is 12.4 Å². The number of hydrogen-bond acceptors (Lipinski definition) is 6. The Morgan fingerprint density at radius 3 is 2.70 bits per heavy atom. The first-order valence-electron chi connectivity index (χ1n) is 7.66. The van der Waals surface area contributed by atoms with Gasteiger partial charge < -0.3 is 14.6 Å². The number of nitrogens with zero attached hydrogens (tertiary/aromatic N) is 2. The molecule has 3 aliphatic heterocycles. The average Bonchev–Trinajstić information content (AvgIpc) is 2.61. The third-order valence-electron chi connectivity index (χ3n) is 4.35. The number of carboxylic acid groups (broad SMARTS) is 1. The molecule has 0 aromatic carbocycles. The van der Waals surface area contributed by atoms with Crippen LogP contribution in [0.4, 0.5) is 0 Å². The van der Waals surface area contributed by atoms with Crippen LogP contribution in [0.3, 0.4) is 0 Å². The zero-order chi connectivity index (χ0) is 16.7. The van der Waals surface area contributed by atoms with Gasteiger partial charge in [-0.2, -0.15) is 0 Å². The first-order chi connectivity index (χ1) is 11.2. The largest absolute Gasteiger partial charge is 0.490 e. The van der Waals surface area contributed by atoms with Gasteiger partial charge in [0.05, 0.1) is 18.9 Å². The molecule has 7 nitrogen and oxygen atoms in total. The molecule has 1 aromatic rings. The molecule has 1 atom stereocenters. The number of piperidine rings is 3. The number of ether oxygens (including phenoxy) is 2. The topological polar surface area (TPSA) is 89.0 Å². The van der Waals surface area contributed by atoms with Gasteiger partial charge in [-0.1, -0.05) is 0 Å². The zero-order valence-electron chi connectivity index (χ0n) is 13.2. The van der Waals surface area contributed by atoms with Gasteiger partial charge in [-0.15, -0.1) is 0 Å². The maximum absolute atomic E-state index is 11.4. The highest BCUT2D eigenvalue weighted by molar-refractivity contribution is 5.89. The Balaban J connectivity index is 0.000000595. The van der Waals surface area contributed by atoms with Gasteiger partial charge >= 0.3 is 5.97 Å². The number of rotatable bonds is 4. The van der Waals surface area contributed by atoms with Crippen molar-refractivity contribution in [3.05, 3.63) is 24.0 Å². The van der Waals surface area contributed by atoms with Crippen LogP contribution in [0.1, 0.15) is 29.6 Å². The molecule has 23 heavy (non-hydrogen) atoms. The molecule has 1 N–H and O–H groups in total. The molecule has 1 aromatic heterocycles. The third-order valence-corrected chi connectivity index (χ3v) is 4.35. The van der Waals surface area contributed by atoms with Gasteiger partial charge in [-0.25, -0.2) is 4.79 Å². The molecule has 0 amide bonds. The van der Waals surface area contributed by atoms with Gasteiger partial charge in [-0.05, 0) is 44.3 Å². The van der Waals surface area contributed by atoms with Crippen molar-refractivity contribution in [1.82, 2.24) is 9.88 Å². The smallest absolute Gasteiger partial charge is 0.339 e. The van der Waals surface area contributed by atoms with Gasteiger partial charge in [0.2, 0.25) is 0 Å². The molecule has 3 saturated heterocycles. The van der Waals surface area contributed by atoms with E-state index in [1.54, 1.807) is 12.3 Å². The van der Waals surface area contributed by atoms with E-state index in [0.717, 1.165) is 5.92 Å². The Morgan fingerprint density at radius 2 is 2.13 bits per heavy atom. The normalized spacial score (nSPS) is 25.0. The molecular weight excluding hydrogens is 300 g/mol. The van der Waals surface area contributed by atoms with Crippen molar-refractivity contribution in [2.45, 2.75) is 25.3 Å². The molecule has 0 aliphatic carbocycles. The van der Waals surface area contributed by atoms with E-state index in [2.05, 4.69) is 14.6 Å². The molecule has 4 rings (SSSR count). The summed E-state index contributed by atoms with van der Waals surface area (Å²) in [4.78, 5) is 26.3. The van der Waals surface area contributed by atoms with Crippen LogP contribution in [-0.4, -0.2) is 60.3 Å². The minimum atomic E-state index is -0.386. The number of hydrogen-bond donors (Lipinski definition) is 1. The molecular formula is C16H22N2O5. The second kappa shape index (κ2) is 8.47. The highest BCUT2D eigenvalue weighted by Gasteiger charge is 2.33. The first kappa shape index (κ1) is 17.2. The van der Waals surface area contributed by atoms with Crippen molar-refractivity contribution in [2.75, 3.05) is 26.8 Å². The van der Waals surface area contributed by atoms with E-state index in [1.165, 1.54) is 45.7 Å². The van der Waals surface area contributed by atoms with Gasteiger partial charge in [0, 0.05) is 12.2 Å². The molecule has 2 bridgehead atoms. The van der Waals surface area contributed by atoms with E-state index in [1.807, 2.05) is 0 Å². The van der Waals surface area contributed by atoms with Crippen molar-refractivity contribution in [3.8, 4) is 5.75 Å². The molecule has 1 unspecified atom stereocenters. The highest BCUT2D eigenvalue weighted by atomic mass is 16.5. The van der Waals surface area contributed by atoms with E-state index in [4.69, 9.17) is 14.6 Å². The lowest BCUT2D eigenvalue weighted by Crippen LogP contribution is -2.51. The fraction of sp³-hybridized carbons (Fsp3) is 0.562. The Labute approximate surface area is 135 Å². The number of fused-ring (bicyclic) bond motifs is 3. The summed E-state index contributed by atoms with van der Waals surface area (Å²) in [5, 5.41) is 6.89. The molecule has 0 saturated carbocycles. The number of methoxy groups -OCH3 is 1. The predicted molar refractivity (Wildman–Crippen MR) is 82.5 cm³/mol. The summed E-state index contributed by atoms with van der Waals surface area (Å²) in [7, 11) is 1.36. The fourth-order valence-electron chi connectivity index (χ4n) is 3.18. The quantitative estimate of drug-likeness (QED) is 0.662. The van der Waals surface area contributed by atoms with E-state index in [0.29, 0.717) is 24.0 Å². The lowest BCUT2D eigenvalue weighted by molar-refractivity contribution is -0.122. The zero-order valence-corrected chi connectivity index (χ0v) is 13.2. The summed E-state index contributed by atoms with van der Waals surface area (Å²) in [5.74, 6) is 1.12. The second-order valence-electron chi connectivity index (χ2n) is 5.69. The van der Waals surface area contributed by atoms with Crippen LogP contribution in [0.5, 0.6) is 5.75 Å². The molecule has 3 fully saturated rings. The first-order valence-corrected chi connectivity index (χ1v) is 7.66. The van der Waals surface area contributed by atoms with Crippen molar-refractivity contribution in [3.63, 3.8) is 0 Å². The van der Waals surface area contributed by atoms with Gasteiger partial charge in [0.25, 0.3) is 6.47 Å². The average molecular weight is 322 g/mol.